The van der Waals surface area contributed by atoms with Crippen LogP contribution in [0.2, 0.25) is 0 Å². The molecular weight excluding hydrogens is 263 g/mol. The monoisotopic (exact) mass is 277 g/mol. The Morgan fingerprint density at radius 2 is 2.16 bits per heavy atom. The minimum absolute atomic E-state index is 0.00955. The zero-order valence-corrected chi connectivity index (χ0v) is 10.3. The Morgan fingerprint density at radius 1 is 1.42 bits per heavy atom. The highest BCUT2D eigenvalue weighted by atomic mass is 19.4. The topological polar surface area (TPSA) is 63.2 Å². The van der Waals surface area contributed by atoms with E-state index in [2.05, 4.69) is 20.4 Å². The number of rotatable bonds is 6. The SMILES string of the molecule is CNc1ccc(C(=O)NCCOCC(F)(F)F)nc1. The van der Waals surface area contributed by atoms with Crippen molar-refractivity contribution in [2.24, 2.45) is 0 Å². The Balaban J connectivity index is 2.27. The molecule has 8 heteroatoms. The van der Waals surface area contributed by atoms with E-state index in [1.165, 1.54) is 12.3 Å². The maximum atomic E-state index is 11.7. The summed E-state index contributed by atoms with van der Waals surface area (Å²) in [5, 5.41) is 5.25. The molecule has 1 aromatic rings. The van der Waals surface area contributed by atoms with Gasteiger partial charge in [-0.2, -0.15) is 13.2 Å². The molecule has 0 spiro atoms. The fourth-order valence-corrected chi connectivity index (χ4v) is 1.19. The summed E-state index contributed by atoms with van der Waals surface area (Å²) in [5.74, 6) is -0.460. The molecule has 0 bridgehead atoms. The molecule has 1 heterocycles. The maximum Gasteiger partial charge on any atom is 0.411 e. The average Bonchev–Trinajstić information content (AvgIpc) is 2.37. The molecule has 2 N–H and O–H groups in total. The zero-order chi connectivity index (χ0) is 14.3. The lowest BCUT2D eigenvalue weighted by Gasteiger charge is -2.08. The molecule has 0 saturated heterocycles. The smallest absolute Gasteiger partial charge is 0.387 e. The van der Waals surface area contributed by atoms with Crippen LogP contribution in [0.4, 0.5) is 18.9 Å². The predicted octanol–water partition coefficient (Wildman–Crippen LogP) is 1.43. The summed E-state index contributed by atoms with van der Waals surface area (Å²) in [5.41, 5.74) is 0.944. The van der Waals surface area contributed by atoms with Gasteiger partial charge < -0.3 is 15.4 Å². The minimum atomic E-state index is -4.35. The Labute approximate surface area is 108 Å². The number of amides is 1. The van der Waals surface area contributed by atoms with E-state index in [4.69, 9.17) is 0 Å². The number of hydrogen-bond acceptors (Lipinski definition) is 4. The molecule has 5 nitrogen and oxygen atoms in total. The van der Waals surface area contributed by atoms with Crippen LogP contribution in [0.15, 0.2) is 18.3 Å². The van der Waals surface area contributed by atoms with Crippen LogP contribution in [0.3, 0.4) is 0 Å². The van der Waals surface area contributed by atoms with Gasteiger partial charge in [-0.1, -0.05) is 0 Å². The number of aromatic nitrogens is 1. The molecule has 0 aliphatic carbocycles. The van der Waals surface area contributed by atoms with Gasteiger partial charge in [-0.3, -0.25) is 4.79 Å². The molecule has 19 heavy (non-hydrogen) atoms. The van der Waals surface area contributed by atoms with Crippen LogP contribution in [-0.4, -0.2) is 43.9 Å². The number of anilines is 1. The lowest BCUT2D eigenvalue weighted by molar-refractivity contribution is -0.173. The highest BCUT2D eigenvalue weighted by Crippen LogP contribution is 2.13. The Hall–Kier alpha value is -1.83. The molecule has 0 aliphatic rings. The number of ether oxygens (including phenoxy) is 1. The first-order valence-electron chi connectivity index (χ1n) is 5.49. The van der Waals surface area contributed by atoms with Crippen LogP contribution in [0.25, 0.3) is 0 Å². The van der Waals surface area contributed by atoms with Crippen LogP contribution in [-0.2, 0) is 4.74 Å². The summed E-state index contributed by atoms with van der Waals surface area (Å²) < 4.78 is 39.6. The van der Waals surface area contributed by atoms with Crippen molar-refractivity contribution < 1.29 is 22.7 Å². The van der Waals surface area contributed by atoms with E-state index in [-0.39, 0.29) is 18.8 Å². The van der Waals surface area contributed by atoms with Crippen molar-refractivity contribution in [3.05, 3.63) is 24.0 Å². The lowest BCUT2D eigenvalue weighted by atomic mass is 10.3. The van der Waals surface area contributed by atoms with Gasteiger partial charge in [0.1, 0.15) is 12.3 Å². The van der Waals surface area contributed by atoms with Crippen LogP contribution in [0.5, 0.6) is 0 Å². The van der Waals surface area contributed by atoms with Gasteiger partial charge in [0.05, 0.1) is 18.5 Å². The van der Waals surface area contributed by atoms with Crippen LogP contribution >= 0.6 is 0 Å². The quantitative estimate of drug-likeness (QED) is 0.772. The van der Waals surface area contributed by atoms with Crippen molar-refractivity contribution in [2.45, 2.75) is 6.18 Å². The van der Waals surface area contributed by atoms with Crippen LogP contribution < -0.4 is 10.6 Å². The molecule has 0 unspecified atom stereocenters. The number of hydrogen-bond donors (Lipinski definition) is 2. The number of carbonyl (C=O) groups excluding carboxylic acids is 1. The normalized spacial score (nSPS) is 11.2. The predicted molar refractivity (Wildman–Crippen MR) is 63.0 cm³/mol. The van der Waals surface area contributed by atoms with Crippen molar-refractivity contribution in [3.63, 3.8) is 0 Å². The molecule has 0 saturated carbocycles. The van der Waals surface area contributed by atoms with E-state index >= 15 is 0 Å². The van der Waals surface area contributed by atoms with Crippen molar-refractivity contribution in [1.82, 2.24) is 10.3 Å². The summed E-state index contributed by atoms with van der Waals surface area (Å²) in [6, 6.07) is 3.18. The molecular formula is C11H14F3N3O2. The fourth-order valence-electron chi connectivity index (χ4n) is 1.19. The van der Waals surface area contributed by atoms with E-state index in [0.717, 1.165) is 5.69 Å². The first-order chi connectivity index (χ1) is 8.92. The standard InChI is InChI=1S/C11H14F3N3O2/c1-15-8-2-3-9(17-6-8)10(18)16-4-5-19-7-11(12,13)14/h2-3,6,15H,4-5,7H2,1H3,(H,16,18). The second kappa shape index (κ2) is 6.93. The van der Waals surface area contributed by atoms with Crippen LogP contribution in [0, 0.1) is 0 Å². The molecule has 0 radical (unpaired) electrons. The van der Waals surface area contributed by atoms with Gasteiger partial charge in [-0.05, 0) is 12.1 Å². The Kier molecular flexibility index (Phi) is 5.56. The van der Waals surface area contributed by atoms with Crippen molar-refractivity contribution in [2.75, 3.05) is 32.1 Å². The molecule has 1 rings (SSSR count). The molecule has 106 valence electrons. The maximum absolute atomic E-state index is 11.7. The number of nitrogens with zero attached hydrogens (tertiary/aromatic N) is 1. The number of carbonyl (C=O) groups is 1. The van der Waals surface area contributed by atoms with Crippen molar-refractivity contribution >= 4 is 11.6 Å². The first-order valence-corrected chi connectivity index (χ1v) is 5.49. The van der Waals surface area contributed by atoms with Gasteiger partial charge in [0.25, 0.3) is 5.91 Å². The molecule has 1 amide bonds. The second-order valence-electron chi connectivity index (χ2n) is 3.61. The van der Waals surface area contributed by atoms with Gasteiger partial charge >= 0.3 is 6.18 Å². The van der Waals surface area contributed by atoms with Gasteiger partial charge in [0.15, 0.2) is 0 Å². The Morgan fingerprint density at radius 3 is 2.68 bits per heavy atom. The fraction of sp³-hybridized carbons (Fsp3) is 0.455. The molecule has 0 fully saturated rings. The van der Waals surface area contributed by atoms with Crippen molar-refractivity contribution in [3.8, 4) is 0 Å². The lowest BCUT2D eigenvalue weighted by Crippen LogP contribution is -2.29. The van der Waals surface area contributed by atoms with E-state index in [1.54, 1.807) is 13.1 Å². The molecule has 0 atom stereocenters. The third-order valence-corrected chi connectivity index (χ3v) is 2.08. The minimum Gasteiger partial charge on any atom is -0.387 e. The summed E-state index contributed by atoms with van der Waals surface area (Å²) in [6.45, 7) is -1.54. The van der Waals surface area contributed by atoms with E-state index < -0.39 is 18.7 Å². The highest BCUT2D eigenvalue weighted by molar-refractivity contribution is 5.92. The third kappa shape index (κ3) is 6.05. The van der Waals surface area contributed by atoms with E-state index in [0.29, 0.717) is 0 Å². The summed E-state index contributed by atoms with van der Waals surface area (Å²) in [6.07, 6.45) is -2.87. The van der Waals surface area contributed by atoms with Gasteiger partial charge in [-0.25, -0.2) is 4.98 Å². The summed E-state index contributed by atoms with van der Waals surface area (Å²) in [7, 11) is 1.72. The number of halogens is 3. The average molecular weight is 277 g/mol. The number of nitrogens with one attached hydrogen (secondary N) is 2. The summed E-state index contributed by atoms with van der Waals surface area (Å²) in [4.78, 5) is 15.4. The highest BCUT2D eigenvalue weighted by Gasteiger charge is 2.27. The first kappa shape index (κ1) is 15.2. The molecule has 0 aliphatic heterocycles. The van der Waals surface area contributed by atoms with Gasteiger partial charge in [0, 0.05) is 13.6 Å². The Bertz CT molecular complexity index is 407. The molecule has 1 aromatic heterocycles. The largest absolute Gasteiger partial charge is 0.411 e. The van der Waals surface area contributed by atoms with E-state index in [1.807, 2.05) is 0 Å². The third-order valence-electron chi connectivity index (χ3n) is 2.08. The van der Waals surface area contributed by atoms with Crippen molar-refractivity contribution in [1.29, 1.82) is 0 Å². The zero-order valence-electron chi connectivity index (χ0n) is 10.3. The van der Waals surface area contributed by atoms with Gasteiger partial charge in [-0.15, -0.1) is 0 Å². The molecule has 0 aromatic carbocycles. The van der Waals surface area contributed by atoms with E-state index in [9.17, 15) is 18.0 Å². The van der Waals surface area contributed by atoms with Crippen LogP contribution in [0.1, 0.15) is 10.5 Å². The number of pyridine rings is 1. The number of alkyl halides is 3. The summed E-state index contributed by atoms with van der Waals surface area (Å²) >= 11 is 0. The van der Waals surface area contributed by atoms with Gasteiger partial charge in [0.2, 0.25) is 0 Å². The second-order valence-corrected chi connectivity index (χ2v) is 3.61.